The van der Waals surface area contributed by atoms with Crippen LogP contribution in [0.2, 0.25) is 0 Å². The Labute approximate surface area is 145 Å². The third-order valence-electron chi connectivity index (χ3n) is 4.70. The van der Waals surface area contributed by atoms with Crippen LogP contribution in [0.1, 0.15) is 26.0 Å². The maximum absolute atomic E-state index is 13.5. The molecule has 2 heterocycles. The van der Waals surface area contributed by atoms with Crippen molar-refractivity contribution in [2.24, 2.45) is 0 Å². The van der Waals surface area contributed by atoms with Gasteiger partial charge in [-0.3, -0.25) is 0 Å². The average molecular weight is 349 g/mol. The van der Waals surface area contributed by atoms with E-state index in [4.69, 9.17) is 0 Å². The van der Waals surface area contributed by atoms with E-state index in [1.165, 1.54) is 6.20 Å². The van der Waals surface area contributed by atoms with Gasteiger partial charge < -0.3 is 9.47 Å². The van der Waals surface area contributed by atoms with Crippen molar-refractivity contribution in [1.82, 2.24) is 14.5 Å². The number of hydrogen-bond acceptors (Lipinski definition) is 2. The second kappa shape index (κ2) is 7.04. The van der Waals surface area contributed by atoms with Crippen molar-refractivity contribution in [3.63, 3.8) is 0 Å². The topological polar surface area (TPSA) is 21.1 Å². The van der Waals surface area contributed by atoms with Crippen molar-refractivity contribution >= 4 is 21.8 Å². The van der Waals surface area contributed by atoms with Gasteiger partial charge in [0.05, 0.1) is 5.52 Å². The number of nitrogens with zero attached hydrogens (tertiary/aromatic N) is 3. The molecule has 0 radical (unpaired) electrons. The van der Waals surface area contributed by atoms with Gasteiger partial charge >= 0.3 is 6.18 Å². The number of alkyl halides is 3. The van der Waals surface area contributed by atoms with Crippen LogP contribution >= 0.6 is 0 Å². The van der Waals surface area contributed by atoms with E-state index in [1.54, 1.807) is 10.6 Å². The number of pyridine rings is 1. The largest absolute Gasteiger partial charge is 0.435 e. The Morgan fingerprint density at radius 3 is 2.44 bits per heavy atom. The second-order valence-electron chi connectivity index (χ2n) is 6.10. The van der Waals surface area contributed by atoms with E-state index < -0.39 is 11.9 Å². The van der Waals surface area contributed by atoms with Gasteiger partial charge in [-0.25, -0.2) is 4.98 Å². The fourth-order valence-electron chi connectivity index (χ4n) is 3.43. The van der Waals surface area contributed by atoms with Crippen molar-refractivity contribution in [3.05, 3.63) is 42.2 Å². The van der Waals surface area contributed by atoms with Crippen LogP contribution < -0.4 is 0 Å². The normalized spacial score (nSPS) is 12.6. The van der Waals surface area contributed by atoms with Gasteiger partial charge in [0.2, 0.25) is 0 Å². The average Bonchev–Trinajstić information content (AvgIpc) is 2.92. The molecule has 2 aromatic heterocycles. The number of fused-ring (bicyclic) bond motifs is 3. The smallest absolute Gasteiger partial charge is 0.339 e. The standard InChI is InChI=1S/C19H22F3N3/c1-3-24(4-2)12-7-13-25-16-9-6-5-8-14(16)15-10-11-23-18(17(15)25)19(20,21)22/h5-6,8-11H,3-4,7,12-13H2,1-2H3. The zero-order valence-corrected chi connectivity index (χ0v) is 14.5. The molecule has 3 aromatic rings. The minimum Gasteiger partial charge on any atom is -0.339 e. The Hall–Kier alpha value is -2.08. The lowest BCUT2D eigenvalue weighted by molar-refractivity contribution is -0.140. The molecule has 0 fully saturated rings. The quantitative estimate of drug-likeness (QED) is 0.628. The summed E-state index contributed by atoms with van der Waals surface area (Å²) in [5, 5.41) is 1.45. The van der Waals surface area contributed by atoms with E-state index >= 15 is 0 Å². The second-order valence-corrected chi connectivity index (χ2v) is 6.10. The molecule has 0 amide bonds. The minimum atomic E-state index is -4.47. The first kappa shape index (κ1) is 17.7. The Kier molecular flexibility index (Phi) is 4.99. The lowest BCUT2D eigenvalue weighted by atomic mass is 10.1. The summed E-state index contributed by atoms with van der Waals surface area (Å²) in [5.41, 5.74) is 0.218. The van der Waals surface area contributed by atoms with Crippen molar-refractivity contribution in [1.29, 1.82) is 0 Å². The molecule has 6 heteroatoms. The first-order valence-corrected chi connectivity index (χ1v) is 8.62. The molecule has 0 aliphatic rings. The van der Waals surface area contributed by atoms with Gasteiger partial charge in [-0.2, -0.15) is 13.2 Å². The molecule has 3 nitrogen and oxygen atoms in total. The van der Waals surface area contributed by atoms with Crippen LogP contribution in [0.25, 0.3) is 21.8 Å². The fraction of sp³-hybridized carbons (Fsp3) is 0.421. The first-order chi connectivity index (χ1) is 12.0. The van der Waals surface area contributed by atoms with E-state index in [9.17, 15) is 13.2 Å². The molecular weight excluding hydrogens is 327 g/mol. The number of para-hydroxylation sites is 1. The number of aryl methyl sites for hydroxylation is 1. The van der Waals surface area contributed by atoms with Crippen LogP contribution in [-0.2, 0) is 12.7 Å². The van der Waals surface area contributed by atoms with Crippen molar-refractivity contribution in [2.75, 3.05) is 19.6 Å². The number of aromatic nitrogens is 2. The molecule has 0 aliphatic carbocycles. The first-order valence-electron chi connectivity index (χ1n) is 8.62. The molecule has 0 atom stereocenters. The van der Waals surface area contributed by atoms with Gasteiger partial charge in [-0.1, -0.05) is 32.0 Å². The van der Waals surface area contributed by atoms with E-state index in [0.717, 1.165) is 37.0 Å². The number of benzene rings is 1. The van der Waals surface area contributed by atoms with Gasteiger partial charge in [0, 0.05) is 29.0 Å². The molecule has 1 aromatic carbocycles. The van der Waals surface area contributed by atoms with Crippen LogP contribution in [0.4, 0.5) is 13.2 Å². The van der Waals surface area contributed by atoms with Crippen LogP contribution in [0.5, 0.6) is 0 Å². The van der Waals surface area contributed by atoms with E-state index in [1.807, 2.05) is 24.3 Å². The van der Waals surface area contributed by atoms with Gasteiger partial charge in [-0.05, 0) is 38.2 Å². The Morgan fingerprint density at radius 1 is 1.04 bits per heavy atom. The summed E-state index contributed by atoms with van der Waals surface area (Å²) >= 11 is 0. The van der Waals surface area contributed by atoms with Gasteiger partial charge in [0.1, 0.15) is 0 Å². The fourth-order valence-corrected chi connectivity index (χ4v) is 3.43. The van der Waals surface area contributed by atoms with Crippen LogP contribution in [-0.4, -0.2) is 34.1 Å². The molecule has 25 heavy (non-hydrogen) atoms. The highest BCUT2D eigenvalue weighted by atomic mass is 19.4. The summed E-state index contributed by atoms with van der Waals surface area (Å²) in [6, 6.07) is 9.15. The Morgan fingerprint density at radius 2 is 1.76 bits per heavy atom. The third kappa shape index (κ3) is 3.35. The molecule has 0 saturated carbocycles. The van der Waals surface area contributed by atoms with Crippen molar-refractivity contribution in [3.8, 4) is 0 Å². The molecule has 3 rings (SSSR count). The molecule has 0 bridgehead atoms. The zero-order chi connectivity index (χ0) is 18.0. The molecule has 0 aliphatic heterocycles. The van der Waals surface area contributed by atoms with Gasteiger partial charge in [-0.15, -0.1) is 0 Å². The Balaban J connectivity index is 2.10. The van der Waals surface area contributed by atoms with Crippen LogP contribution in [0, 0.1) is 0 Å². The third-order valence-corrected chi connectivity index (χ3v) is 4.70. The summed E-state index contributed by atoms with van der Waals surface area (Å²) in [6.45, 7) is 7.47. The lowest BCUT2D eigenvalue weighted by Gasteiger charge is -2.18. The summed E-state index contributed by atoms with van der Waals surface area (Å²) < 4.78 is 42.3. The molecule has 0 unspecified atom stereocenters. The van der Waals surface area contributed by atoms with Crippen molar-refractivity contribution < 1.29 is 13.2 Å². The maximum Gasteiger partial charge on any atom is 0.435 e. The zero-order valence-electron chi connectivity index (χ0n) is 14.5. The van der Waals surface area contributed by atoms with E-state index in [2.05, 4.69) is 23.7 Å². The molecule has 0 saturated heterocycles. The summed E-state index contributed by atoms with van der Waals surface area (Å²) in [5.74, 6) is 0. The summed E-state index contributed by atoms with van der Waals surface area (Å²) in [4.78, 5) is 5.93. The highest BCUT2D eigenvalue weighted by molar-refractivity contribution is 6.08. The predicted octanol–water partition coefficient (Wildman–Crippen LogP) is 4.94. The molecule has 0 spiro atoms. The Bertz CT molecular complexity index is 863. The highest BCUT2D eigenvalue weighted by Gasteiger charge is 2.36. The molecule has 0 N–H and O–H groups in total. The minimum absolute atomic E-state index is 0.191. The van der Waals surface area contributed by atoms with E-state index in [0.29, 0.717) is 11.9 Å². The maximum atomic E-state index is 13.5. The van der Waals surface area contributed by atoms with Crippen LogP contribution in [0.3, 0.4) is 0 Å². The number of rotatable bonds is 6. The monoisotopic (exact) mass is 349 g/mol. The number of hydrogen-bond donors (Lipinski definition) is 0. The lowest BCUT2D eigenvalue weighted by Crippen LogP contribution is -2.25. The number of halogens is 3. The van der Waals surface area contributed by atoms with Crippen LogP contribution in [0.15, 0.2) is 36.5 Å². The predicted molar refractivity (Wildman–Crippen MR) is 94.6 cm³/mol. The van der Waals surface area contributed by atoms with Crippen molar-refractivity contribution in [2.45, 2.75) is 33.0 Å². The van der Waals surface area contributed by atoms with Gasteiger partial charge in [0.25, 0.3) is 0 Å². The molecular formula is C19H22F3N3. The summed E-state index contributed by atoms with van der Waals surface area (Å²) in [6.07, 6.45) is -2.43. The molecule has 134 valence electrons. The SMILES string of the molecule is CCN(CC)CCCn1c2ccccc2c2ccnc(C(F)(F)F)c21. The van der Waals surface area contributed by atoms with Gasteiger partial charge in [0.15, 0.2) is 5.69 Å². The van der Waals surface area contributed by atoms with E-state index in [-0.39, 0.29) is 5.52 Å². The highest BCUT2D eigenvalue weighted by Crippen LogP contribution is 2.37. The summed E-state index contributed by atoms with van der Waals surface area (Å²) in [7, 11) is 0.